The lowest BCUT2D eigenvalue weighted by Gasteiger charge is -2.20. The molecule has 0 amide bonds. The van der Waals surface area contributed by atoms with E-state index in [1.54, 1.807) is 6.07 Å². The molecule has 112 valence electrons. The second kappa shape index (κ2) is 8.37. The van der Waals surface area contributed by atoms with Crippen LogP contribution in [0.3, 0.4) is 0 Å². The minimum Gasteiger partial charge on any atom is -0.481 e. The number of aromatic carboxylic acids is 1. The number of carboxylic acids is 2. The van der Waals surface area contributed by atoms with Crippen LogP contribution in [0.25, 0.3) is 0 Å². The van der Waals surface area contributed by atoms with E-state index in [9.17, 15) is 9.59 Å². The molecule has 2 N–H and O–H groups in total. The summed E-state index contributed by atoms with van der Waals surface area (Å²) in [6, 6.07) is 3.04. The summed E-state index contributed by atoms with van der Waals surface area (Å²) in [7, 11) is 0. The molecule has 1 rings (SSSR count). The van der Waals surface area contributed by atoms with Crippen LogP contribution in [0.15, 0.2) is 16.5 Å². The van der Waals surface area contributed by atoms with Crippen molar-refractivity contribution < 1.29 is 24.2 Å². The van der Waals surface area contributed by atoms with Crippen LogP contribution in [0.2, 0.25) is 0 Å². The zero-order valence-corrected chi connectivity index (χ0v) is 11.7. The summed E-state index contributed by atoms with van der Waals surface area (Å²) in [5.41, 5.74) is 0. The number of nitrogens with zero attached hydrogens (tertiary/aromatic N) is 1. The molecule has 1 aromatic heterocycles. The number of carbonyl (C=O) groups is 2. The molecule has 1 heterocycles. The van der Waals surface area contributed by atoms with E-state index in [1.165, 1.54) is 6.07 Å². The van der Waals surface area contributed by atoms with Gasteiger partial charge in [0, 0.05) is 6.54 Å². The predicted molar refractivity (Wildman–Crippen MR) is 72.7 cm³/mol. The van der Waals surface area contributed by atoms with Gasteiger partial charge in [-0.25, -0.2) is 4.79 Å². The van der Waals surface area contributed by atoms with Crippen LogP contribution in [0.1, 0.15) is 48.9 Å². The highest BCUT2D eigenvalue weighted by molar-refractivity contribution is 5.84. The third-order valence-electron chi connectivity index (χ3n) is 2.97. The van der Waals surface area contributed by atoms with Gasteiger partial charge in [0.05, 0.1) is 13.0 Å². The Morgan fingerprint density at radius 1 is 1.20 bits per heavy atom. The molecule has 0 aliphatic heterocycles. The van der Waals surface area contributed by atoms with Crippen molar-refractivity contribution in [2.45, 2.75) is 39.2 Å². The van der Waals surface area contributed by atoms with E-state index in [1.807, 2.05) is 4.90 Å². The molecule has 20 heavy (non-hydrogen) atoms. The van der Waals surface area contributed by atoms with Crippen LogP contribution in [0, 0.1) is 0 Å². The molecule has 1 aromatic rings. The lowest BCUT2D eigenvalue weighted by atomic mass is 10.2. The topological polar surface area (TPSA) is 91.0 Å². The molecule has 0 saturated heterocycles. The van der Waals surface area contributed by atoms with Gasteiger partial charge < -0.3 is 14.6 Å². The van der Waals surface area contributed by atoms with Crippen molar-refractivity contribution in [3.05, 3.63) is 23.7 Å². The normalized spacial score (nSPS) is 10.9. The van der Waals surface area contributed by atoms with Gasteiger partial charge in [-0.15, -0.1) is 0 Å². The summed E-state index contributed by atoms with van der Waals surface area (Å²) in [4.78, 5) is 23.4. The van der Waals surface area contributed by atoms with Gasteiger partial charge in [0.2, 0.25) is 5.76 Å². The van der Waals surface area contributed by atoms with Crippen molar-refractivity contribution >= 4 is 11.9 Å². The molecule has 0 aliphatic carbocycles. The summed E-state index contributed by atoms with van der Waals surface area (Å²) in [6.45, 7) is 3.75. The van der Waals surface area contributed by atoms with Crippen LogP contribution < -0.4 is 0 Å². The molecule has 0 aliphatic rings. The van der Waals surface area contributed by atoms with E-state index in [4.69, 9.17) is 14.6 Å². The second-order valence-corrected chi connectivity index (χ2v) is 4.70. The van der Waals surface area contributed by atoms with Crippen LogP contribution in [0.5, 0.6) is 0 Å². The Morgan fingerprint density at radius 3 is 2.50 bits per heavy atom. The monoisotopic (exact) mass is 283 g/mol. The van der Waals surface area contributed by atoms with Gasteiger partial charge in [0.15, 0.2) is 0 Å². The zero-order valence-electron chi connectivity index (χ0n) is 11.7. The predicted octanol–water partition coefficient (Wildman–Crippen LogP) is 2.44. The Labute approximate surface area is 118 Å². The Morgan fingerprint density at radius 2 is 1.95 bits per heavy atom. The second-order valence-electron chi connectivity index (χ2n) is 4.70. The van der Waals surface area contributed by atoms with Crippen molar-refractivity contribution in [3.63, 3.8) is 0 Å². The first kappa shape index (κ1) is 16.2. The Bertz CT molecular complexity index is 441. The van der Waals surface area contributed by atoms with E-state index in [0.717, 1.165) is 25.8 Å². The average Bonchev–Trinajstić information content (AvgIpc) is 2.84. The third-order valence-corrected chi connectivity index (χ3v) is 2.97. The van der Waals surface area contributed by atoms with Crippen LogP contribution in [0.4, 0.5) is 0 Å². The Kier molecular flexibility index (Phi) is 6.79. The first-order valence-corrected chi connectivity index (χ1v) is 6.79. The standard InChI is InChI=1S/C14H21NO5/c1-2-3-4-8-15(9-7-13(16)17)10-11-5-6-12(20-11)14(18)19/h5-6H,2-4,7-10H2,1H3,(H,16,17)(H,18,19). The van der Waals surface area contributed by atoms with E-state index >= 15 is 0 Å². The average molecular weight is 283 g/mol. The minimum atomic E-state index is -1.10. The maximum absolute atomic E-state index is 10.7. The summed E-state index contributed by atoms with van der Waals surface area (Å²) in [5.74, 6) is -1.48. The molecule has 6 nitrogen and oxygen atoms in total. The van der Waals surface area contributed by atoms with Crippen molar-refractivity contribution in [2.75, 3.05) is 13.1 Å². The number of hydrogen-bond donors (Lipinski definition) is 2. The fourth-order valence-corrected chi connectivity index (χ4v) is 1.91. The van der Waals surface area contributed by atoms with Crippen molar-refractivity contribution in [1.29, 1.82) is 0 Å². The first-order valence-electron chi connectivity index (χ1n) is 6.79. The SMILES string of the molecule is CCCCCN(CCC(=O)O)Cc1ccc(C(=O)O)o1. The smallest absolute Gasteiger partial charge is 0.371 e. The Balaban J connectivity index is 2.56. The minimum absolute atomic E-state index is 0.0681. The van der Waals surface area contributed by atoms with Gasteiger partial charge in [-0.1, -0.05) is 19.8 Å². The molecule has 0 spiro atoms. The maximum Gasteiger partial charge on any atom is 0.371 e. The molecule has 0 bridgehead atoms. The van der Waals surface area contributed by atoms with Gasteiger partial charge in [-0.3, -0.25) is 9.69 Å². The molecule has 0 aromatic carbocycles. The highest BCUT2D eigenvalue weighted by Crippen LogP contribution is 2.12. The van der Waals surface area contributed by atoms with Gasteiger partial charge >= 0.3 is 11.9 Å². The van der Waals surface area contributed by atoms with Gasteiger partial charge in [-0.2, -0.15) is 0 Å². The zero-order chi connectivity index (χ0) is 15.0. The first-order chi connectivity index (χ1) is 9.52. The summed E-state index contributed by atoms with van der Waals surface area (Å²) >= 11 is 0. The number of furan rings is 1. The Hall–Kier alpha value is -1.82. The molecular weight excluding hydrogens is 262 g/mol. The summed E-state index contributed by atoms with van der Waals surface area (Å²) in [5, 5.41) is 17.5. The maximum atomic E-state index is 10.7. The number of carboxylic acid groups (broad SMARTS) is 2. The van der Waals surface area contributed by atoms with E-state index in [2.05, 4.69) is 6.92 Å². The van der Waals surface area contributed by atoms with Crippen molar-refractivity contribution in [3.8, 4) is 0 Å². The molecule has 0 radical (unpaired) electrons. The third kappa shape index (κ3) is 5.88. The summed E-state index contributed by atoms with van der Waals surface area (Å²) in [6.07, 6.45) is 3.24. The van der Waals surface area contributed by atoms with Crippen LogP contribution in [-0.2, 0) is 11.3 Å². The van der Waals surface area contributed by atoms with Gasteiger partial charge in [0.1, 0.15) is 5.76 Å². The molecular formula is C14H21NO5. The molecule has 6 heteroatoms. The molecule has 0 saturated carbocycles. The number of rotatable bonds is 10. The van der Waals surface area contributed by atoms with Crippen molar-refractivity contribution in [1.82, 2.24) is 4.90 Å². The highest BCUT2D eigenvalue weighted by Gasteiger charge is 2.13. The van der Waals surface area contributed by atoms with Crippen LogP contribution >= 0.6 is 0 Å². The summed E-state index contributed by atoms with van der Waals surface area (Å²) < 4.78 is 5.20. The van der Waals surface area contributed by atoms with E-state index in [0.29, 0.717) is 18.8 Å². The van der Waals surface area contributed by atoms with Crippen molar-refractivity contribution in [2.24, 2.45) is 0 Å². The fraction of sp³-hybridized carbons (Fsp3) is 0.571. The van der Waals surface area contributed by atoms with Gasteiger partial charge in [0.25, 0.3) is 0 Å². The lowest BCUT2D eigenvalue weighted by molar-refractivity contribution is -0.137. The largest absolute Gasteiger partial charge is 0.481 e. The molecule has 0 atom stereocenters. The molecule has 0 fully saturated rings. The lowest BCUT2D eigenvalue weighted by Crippen LogP contribution is -2.27. The fourth-order valence-electron chi connectivity index (χ4n) is 1.91. The van der Waals surface area contributed by atoms with E-state index in [-0.39, 0.29) is 12.2 Å². The highest BCUT2D eigenvalue weighted by atomic mass is 16.4. The number of hydrogen-bond acceptors (Lipinski definition) is 4. The molecule has 0 unspecified atom stereocenters. The van der Waals surface area contributed by atoms with Gasteiger partial charge in [-0.05, 0) is 25.1 Å². The van der Waals surface area contributed by atoms with E-state index < -0.39 is 11.9 Å². The number of unbranched alkanes of at least 4 members (excludes halogenated alkanes) is 2. The quantitative estimate of drug-likeness (QED) is 0.641. The van der Waals surface area contributed by atoms with Crippen LogP contribution in [-0.4, -0.2) is 40.1 Å². The number of aliphatic carboxylic acids is 1.